The van der Waals surface area contributed by atoms with Crippen LogP contribution in [-0.2, 0) is 20.7 Å². The van der Waals surface area contributed by atoms with Crippen molar-refractivity contribution in [3.63, 3.8) is 0 Å². The highest BCUT2D eigenvalue weighted by atomic mass is 35.5. The van der Waals surface area contributed by atoms with E-state index < -0.39 is 22.0 Å². The lowest BCUT2D eigenvalue weighted by Gasteiger charge is -2.17. The first-order chi connectivity index (χ1) is 14.2. The van der Waals surface area contributed by atoms with Crippen LogP contribution in [0, 0.1) is 17.7 Å². The molecule has 2 aromatic carbocycles. The van der Waals surface area contributed by atoms with Gasteiger partial charge in [-0.1, -0.05) is 23.4 Å². The normalized spacial score (nSPS) is 12.8. The van der Waals surface area contributed by atoms with Crippen LogP contribution in [0.5, 0.6) is 5.75 Å². The highest BCUT2D eigenvalue weighted by molar-refractivity contribution is 7.85. The Balaban J connectivity index is 1.64. The third kappa shape index (κ3) is 5.95. The van der Waals surface area contributed by atoms with Gasteiger partial charge in [0.15, 0.2) is 0 Å². The molecule has 0 radical (unpaired) electrons. The number of unbranched alkanes of at least 4 members (excludes halogenated alkanes) is 1. The van der Waals surface area contributed by atoms with E-state index in [0.717, 1.165) is 11.8 Å². The van der Waals surface area contributed by atoms with Crippen LogP contribution < -0.4 is 9.64 Å². The summed E-state index contributed by atoms with van der Waals surface area (Å²) >= 11 is 5.82. The molecule has 1 aliphatic rings. The van der Waals surface area contributed by atoms with Crippen molar-refractivity contribution in [1.82, 2.24) is 0 Å². The molecule has 0 spiro atoms. The van der Waals surface area contributed by atoms with Crippen LogP contribution in [0.25, 0.3) is 0 Å². The zero-order valence-electron chi connectivity index (χ0n) is 16.2. The maximum atomic E-state index is 14.5. The number of carbonyl (C=O) groups excluding carboxylic acids is 1. The Morgan fingerprint density at radius 2 is 2.00 bits per heavy atom. The van der Waals surface area contributed by atoms with Gasteiger partial charge >= 0.3 is 6.09 Å². The van der Waals surface area contributed by atoms with Crippen molar-refractivity contribution < 1.29 is 26.5 Å². The first kappa shape index (κ1) is 22.1. The fourth-order valence-corrected chi connectivity index (χ4v) is 3.43. The molecule has 2 aromatic rings. The second-order valence-electron chi connectivity index (χ2n) is 6.62. The average molecular weight is 452 g/mol. The number of halogens is 2. The van der Waals surface area contributed by atoms with Crippen molar-refractivity contribution in [2.24, 2.45) is 0 Å². The first-order valence-corrected chi connectivity index (χ1v) is 11.3. The van der Waals surface area contributed by atoms with Crippen molar-refractivity contribution in [3.8, 4) is 17.6 Å². The summed E-state index contributed by atoms with van der Waals surface area (Å²) in [4.78, 5) is 13.8. The van der Waals surface area contributed by atoms with Crippen molar-refractivity contribution >= 4 is 33.5 Å². The molecule has 0 bridgehead atoms. The highest BCUT2D eigenvalue weighted by Crippen LogP contribution is 2.31. The molecular formula is C21H19ClFNO5S. The van der Waals surface area contributed by atoms with Gasteiger partial charge in [-0.2, -0.15) is 8.42 Å². The second kappa shape index (κ2) is 9.47. The second-order valence-corrected chi connectivity index (χ2v) is 8.70. The van der Waals surface area contributed by atoms with Crippen molar-refractivity contribution in [3.05, 3.63) is 58.4 Å². The topological polar surface area (TPSA) is 72.9 Å². The van der Waals surface area contributed by atoms with E-state index >= 15 is 0 Å². The van der Waals surface area contributed by atoms with Crippen molar-refractivity contribution in [2.75, 3.05) is 24.3 Å². The fraction of sp³-hybridized carbons (Fsp3) is 0.286. The summed E-state index contributed by atoms with van der Waals surface area (Å²) in [6.07, 6.45) is 1.72. The lowest BCUT2D eigenvalue weighted by molar-refractivity contribution is 0.208. The molecule has 3 rings (SSSR count). The number of hydrogen-bond donors (Lipinski definition) is 0. The van der Waals surface area contributed by atoms with Crippen LogP contribution in [0.2, 0.25) is 5.02 Å². The van der Waals surface area contributed by atoms with Gasteiger partial charge in [0.1, 0.15) is 11.6 Å². The molecule has 0 N–H and O–H groups in total. The lowest BCUT2D eigenvalue weighted by atomic mass is 10.1. The number of nitrogens with zero attached hydrogens (tertiary/aromatic N) is 1. The predicted molar refractivity (Wildman–Crippen MR) is 112 cm³/mol. The number of amides is 1. The van der Waals surface area contributed by atoms with Gasteiger partial charge in [-0.25, -0.2) is 9.18 Å². The monoisotopic (exact) mass is 451 g/mol. The zero-order valence-corrected chi connectivity index (χ0v) is 17.7. The standard InChI is InChI=1S/C21H19ClFNO5S/c1-30(26,27)28-12-4-2-3-5-15-13-16-10-11-24(20(16)14-19(15)23)21(25)29-18-8-6-17(22)7-9-18/h6-9,13-14H,2,4,10-12H2,1H3. The van der Waals surface area contributed by atoms with E-state index in [4.69, 9.17) is 16.3 Å². The molecule has 1 aliphatic heterocycles. The summed E-state index contributed by atoms with van der Waals surface area (Å²) in [5.41, 5.74) is 1.48. The molecule has 9 heteroatoms. The summed E-state index contributed by atoms with van der Waals surface area (Å²) in [5.74, 6) is 5.37. The van der Waals surface area contributed by atoms with Crippen LogP contribution in [0.3, 0.4) is 0 Å². The summed E-state index contributed by atoms with van der Waals surface area (Å²) in [6, 6.07) is 9.29. The molecule has 0 atom stereocenters. The van der Waals surface area contributed by atoms with Crippen LogP contribution >= 0.6 is 11.6 Å². The minimum Gasteiger partial charge on any atom is -0.410 e. The van der Waals surface area contributed by atoms with Crippen LogP contribution in [0.15, 0.2) is 36.4 Å². The van der Waals surface area contributed by atoms with E-state index in [9.17, 15) is 17.6 Å². The molecule has 158 valence electrons. The summed E-state index contributed by atoms with van der Waals surface area (Å²) in [6.45, 7) is 0.409. The predicted octanol–water partition coefficient (Wildman–Crippen LogP) is 4.15. The molecule has 0 aliphatic carbocycles. The number of anilines is 1. The van der Waals surface area contributed by atoms with Gasteiger partial charge in [-0.05, 0) is 54.8 Å². The Hall–Kier alpha value is -2.60. The van der Waals surface area contributed by atoms with Crippen molar-refractivity contribution in [1.29, 1.82) is 0 Å². The number of hydrogen-bond acceptors (Lipinski definition) is 5. The molecule has 0 unspecified atom stereocenters. The molecular weight excluding hydrogens is 433 g/mol. The maximum absolute atomic E-state index is 14.5. The smallest absolute Gasteiger partial charge is 0.410 e. The molecule has 1 amide bonds. The first-order valence-electron chi connectivity index (χ1n) is 9.13. The SMILES string of the molecule is CS(=O)(=O)OCCCC#Cc1cc2c(cc1F)N(C(=O)Oc1ccc(Cl)cc1)CC2. The third-order valence-corrected chi connectivity index (χ3v) is 5.12. The summed E-state index contributed by atoms with van der Waals surface area (Å²) in [7, 11) is -3.47. The van der Waals surface area contributed by atoms with E-state index in [2.05, 4.69) is 16.0 Å². The van der Waals surface area contributed by atoms with Gasteiger partial charge in [0.05, 0.1) is 24.1 Å². The van der Waals surface area contributed by atoms with Crippen LogP contribution in [-0.4, -0.2) is 33.9 Å². The van der Waals surface area contributed by atoms with Gasteiger partial charge in [-0.3, -0.25) is 9.08 Å². The molecule has 0 saturated heterocycles. The maximum Gasteiger partial charge on any atom is 0.419 e. The van der Waals surface area contributed by atoms with Gasteiger partial charge < -0.3 is 4.74 Å². The Morgan fingerprint density at radius 3 is 2.70 bits per heavy atom. The molecule has 6 nitrogen and oxygen atoms in total. The third-order valence-electron chi connectivity index (χ3n) is 4.27. The van der Waals surface area contributed by atoms with Gasteiger partial charge in [0.2, 0.25) is 0 Å². The molecule has 0 fully saturated rings. The van der Waals surface area contributed by atoms with Crippen molar-refractivity contribution in [2.45, 2.75) is 19.3 Å². The van der Waals surface area contributed by atoms with E-state index in [1.165, 1.54) is 11.0 Å². The summed E-state index contributed by atoms with van der Waals surface area (Å²) in [5, 5.41) is 0.528. The van der Waals surface area contributed by atoms with Gasteiger partial charge in [-0.15, -0.1) is 0 Å². The molecule has 0 saturated carbocycles. The number of ether oxygens (including phenoxy) is 1. The fourth-order valence-electron chi connectivity index (χ4n) is 2.88. The molecule has 1 heterocycles. The molecule has 0 aromatic heterocycles. The van der Waals surface area contributed by atoms with E-state index in [-0.39, 0.29) is 12.2 Å². The lowest BCUT2D eigenvalue weighted by Crippen LogP contribution is -2.31. The minimum atomic E-state index is -3.47. The average Bonchev–Trinajstić information content (AvgIpc) is 3.08. The van der Waals surface area contributed by atoms with Gasteiger partial charge in [0.25, 0.3) is 10.1 Å². The largest absolute Gasteiger partial charge is 0.419 e. The Morgan fingerprint density at radius 1 is 1.27 bits per heavy atom. The zero-order chi connectivity index (χ0) is 21.7. The Kier molecular flexibility index (Phi) is 6.98. The summed E-state index contributed by atoms with van der Waals surface area (Å²) < 4.78 is 46.2. The Bertz CT molecular complexity index is 1110. The number of carbonyl (C=O) groups is 1. The number of rotatable bonds is 5. The van der Waals surface area contributed by atoms with E-state index in [1.54, 1.807) is 30.3 Å². The Labute approximate surface area is 179 Å². The van der Waals surface area contributed by atoms with E-state index in [0.29, 0.717) is 42.3 Å². The number of benzene rings is 2. The number of fused-ring (bicyclic) bond motifs is 1. The van der Waals surface area contributed by atoms with Gasteiger partial charge in [0, 0.05) is 18.0 Å². The molecule has 30 heavy (non-hydrogen) atoms. The van der Waals surface area contributed by atoms with Crippen LogP contribution in [0.4, 0.5) is 14.9 Å². The minimum absolute atomic E-state index is 0.0326. The van der Waals surface area contributed by atoms with Crippen LogP contribution in [0.1, 0.15) is 24.0 Å². The quantitative estimate of drug-likeness (QED) is 0.388. The highest BCUT2D eigenvalue weighted by Gasteiger charge is 2.27. The van der Waals surface area contributed by atoms with E-state index in [1.807, 2.05) is 0 Å².